The number of anilines is 2. The Labute approximate surface area is 157 Å². The van der Waals surface area contributed by atoms with E-state index in [0.717, 1.165) is 11.4 Å². The van der Waals surface area contributed by atoms with E-state index in [1.165, 1.54) is 13.2 Å². The Morgan fingerprint density at radius 2 is 1.89 bits per heavy atom. The first-order valence-electron chi connectivity index (χ1n) is 8.16. The maximum atomic E-state index is 9.80. The zero-order valence-corrected chi connectivity index (χ0v) is 15.3. The van der Waals surface area contributed by atoms with Crippen LogP contribution in [0.1, 0.15) is 5.56 Å². The summed E-state index contributed by atoms with van der Waals surface area (Å²) in [4.78, 5) is 10.6. The van der Waals surface area contributed by atoms with Crippen LogP contribution in [0, 0.1) is 11.3 Å². The fourth-order valence-corrected chi connectivity index (χ4v) is 2.70. The lowest BCUT2D eigenvalue weighted by molar-refractivity contribution is 0.373. The van der Waals surface area contributed by atoms with Crippen molar-refractivity contribution in [3.05, 3.63) is 48.2 Å². The van der Waals surface area contributed by atoms with Crippen molar-refractivity contribution in [1.82, 2.24) is 9.97 Å². The molecule has 1 aromatic carbocycles. The lowest BCUT2D eigenvalue weighted by atomic mass is 9.99. The number of hydrogen-bond donors (Lipinski definition) is 2. The van der Waals surface area contributed by atoms with Gasteiger partial charge in [0.15, 0.2) is 11.5 Å². The van der Waals surface area contributed by atoms with Gasteiger partial charge in [-0.05, 0) is 36.4 Å². The Morgan fingerprint density at radius 1 is 1.15 bits per heavy atom. The van der Waals surface area contributed by atoms with Gasteiger partial charge in [-0.1, -0.05) is 0 Å². The monoisotopic (exact) mass is 361 g/mol. The number of nitrogen functional groups attached to an aromatic ring is 1. The normalized spacial score (nSPS) is 10.3. The number of phenols is 1. The second kappa shape index (κ2) is 7.22. The molecule has 3 aromatic rings. The van der Waals surface area contributed by atoms with Crippen LogP contribution in [0.25, 0.3) is 22.4 Å². The van der Waals surface area contributed by atoms with E-state index in [1.807, 2.05) is 31.1 Å². The molecule has 0 aliphatic carbocycles. The van der Waals surface area contributed by atoms with Crippen molar-refractivity contribution in [1.29, 1.82) is 5.26 Å². The van der Waals surface area contributed by atoms with Crippen molar-refractivity contribution >= 4 is 11.6 Å². The highest BCUT2D eigenvalue weighted by Gasteiger charge is 2.15. The van der Waals surface area contributed by atoms with Crippen molar-refractivity contribution < 1.29 is 9.84 Å². The summed E-state index contributed by atoms with van der Waals surface area (Å²) in [6.45, 7) is 0. The fraction of sp³-hybridized carbons (Fsp3) is 0.150. The van der Waals surface area contributed by atoms with Gasteiger partial charge in [0.1, 0.15) is 23.3 Å². The SMILES string of the molecule is COc1cc(-c2cc(-c3ccc(N(C)C)nc3)c(C#N)c(N)n2)ccc1O. The van der Waals surface area contributed by atoms with Gasteiger partial charge in [-0.2, -0.15) is 5.26 Å². The van der Waals surface area contributed by atoms with Crippen LogP contribution < -0.4 is 15.4 Å². The van der Waals surface area contributed by atoms with Gasteiger partial charge in [-0.3, -0.25) is 0 Å². The molecule has 2 heterocycles. The first-order valence-corrected chi connectivity index (χ1v) is 8.16. The average Bonchev–Trinajstić information content (AvgIpc) is 2.67. The minimum atomic E-state index is 0.0339. The fourth-order valence-electron chi connectivity index (χ4n) is 2.70. The topological polar surface area (TPSA) is 108 Å². The molecule has 2 aromatic heterocycles. The number of benzene rings is 1. The molecule has 0 aliphatic heterocycles. The van der Waals surface area contributed by atoms with Crippen molar-refractivity contribution in [3.8, 4) is 40.0 Å². The summed E-state index contributed by atoms with van der Waals surface area (Å²) in [7, 11) is 5.29. The van der Waals surface area contributed by atoms with Gasteiger partial charge in [-0.15, -0.1) is 0 Å². The van der Waals surface area contributed by atoms with Gasteiger partial charge >= 0.3 is 0 Å². The van der Waals surface area contributed by atoms with Crippen LogP contribution in [0.15, 0.2) is 42.6 Å². The molecule has 3 N–H and O–H groups in total. The van der Waals surface area contributed by atoms with Gasteiger partial charge in [-0.25, -0.2) is 9.97 Å². The molecule has 7 nitrogen and oxygen atoms in total. The van der Waals surface area contributed by atoms with Crippen LogP contribution >= 0.6 is 0 Å². The van der Waals surface area contributed by atoms with Crippen LogP contribution in [0.5, 0.6) is 11.5 Å². The minimum Gasteiger partial charge on any atom is -0.504 e. The molecule has 0 saturated heterocycles. The molecule has 0 radical (unpaired) electrons. The smallest absolute Gasteiger partial charge is 0.161 e. The molecule has 7 heteroatoms. The predicted molar refractivity (Wildman–Crippen MR) is 105 cm³/mol. The van der Waals surface area contributed by atoms with E-state index in [0.29, 0.717) is 28.1 Å². The summed E-state index contributed by atoms with van der Waals surface area (Å²) in [5.74, 6) is 1.30. The molecule has 0 bridgehead atoms. The van der Waals surface area contributed by atoms with Gasteiger partial charge in [0.05, 0.1) is 12.8 Å². The predicted octanol–water partition coefficient (Wildman–Crippen LogP) is 3.04. The number of rotatable bonds is 4. The summed E-state index contributed by atoms with van der Waals surface area (Å²) in [6, 6.07) is 12.6. The highest BCUT2D eigenvalue weighted by molar-refractivity contribution is 5.80. The summed E-state index contributed by atoms with van der Waals surface area (Å²) in [6.07, 6.45) is 1.70. The number of aromatic nitrogens is 2. The van der Waals surface area contributed by atoms with Crippen molar-refractivity contribution in [2.45, 2.75) is 0 Å². The Bertz CT molecular complexity index is 1020. The standard InChI is InChI=1S/C20H19N5O2/c1-25(2)19-7-5-13(11-23-19)14-9-16(24-20(22)15(14)10-21)12-4-6-17(26)18(8-12)27-3/h4-9,11,26H,1-3H3,(H2,22,24). The highest BCUT2D eigenvalue weighted by Crippen LogP contribution is 2.35. The Hall–Kier alpha value is -3.79. The van der Waals surface area contributed by atoms with Gasteiger partial charge in [0.25, 0.3) is 0 Å². The summed E-state index contributed by atoms with van der Waals surface area (Å²) in [5.41, 5.74) is 9.02. The number of methoxy groups -OCH3 is 1. The van der Waals surface area contributed by atoms with E-state index < -0.39 is 0 Å². The molecule has 0 spiro atoms. The van der Waals surface area contributed by atoms with Crippen LogP contribution in [0.2, 0.25) is 0 Å². The number of phenolic OH excluding ortho intramolecular Hbond substituents is 1. The molecule has 0 saturated carbocycles. The summed E-state index contributed by atoms with van der Waals surface area (Å²) in [5, 5.41) is 19.3. The third-order valence-corrected chi connectivity index (χ3v) is 4.15. The van der Waals surface area contributed by atoms with Gasteiger partial charge in [0.2, 0.25) is 0 Å². The second-order valence-electron chi connectivity index (χ2n) is 6.11. The van der Waals surface area contributed by atoms with Crippen molar-refractivity contribution in [3.63, 3.8) is 0 Å². The molecular formula is C20H19N5O2. The maximum Gasteiger partial charge on any atom is 0.161 e. The second-order valence-corrected chi connectivity index (χ2v) is 6.11. The Morgan fingerprint density at radius 3 is 2.48 bits per heavy atom. The first kappa shape index (κ1) is 18.0. The van der Waals surface area contributed by atoms with E-state index in [1.54, 1.807) is 24.4 Å². The minimum absolute atomic E-state index is 0.0339. The number of pyridine rings is 2. The number of nitrogens with zero attached hydrogens (tertiary/aromatic N) is 4. The zero-order chi connectivity index (χ0) is 19.6. The third kappa shape index (κ3) is 3.46. The van der Waals surface area contributed by atoms with Crippen LogP contribution in [-0.2, 0) is 0 Å². The summed E-state index contributed by atoms with van der Waals surface area (Å²) < 4.78 is 5.16. The average molecular weight is 361 g/mol. The van der Waals surface area contributed by atoms with E-state index >= 15 is 0 Å². The van der Waals surface area contributed by atoms with E-state index in [9.17, 15) is 10.4 Å². The molecule has 0 unspecified atom stereocenters. The molecule has 0 aliphatic rings. The van der Waals surface area contributed by atoms with Crippen molar-refractivity contribution in [2.24, 2.45) is 0 Å². The molecule has 0 amide bonds. The van der Waals surface area contributed by atoms with E-state index in [4.69, 9.17) is 10.5 Å². The third-order valence-electron chi connectivity index (χ3n) is 4.15. The molecular weight excluding hydrogens is 342 g/mol. The van der Waals surface area contributed by atoms with Crippen LogP contribution in [0.3, 0.4) is 0 Å². The van der Waals surface area contributed by atoms with E-state index in [-0.39, 0.29) is 11.6 Å². The number of hydrogen-bond acceptors (Lipinski definition) is 7. The molecule has 3 rings (SSSR count). The maximum absolute atomic E-state index is 9.80. The number of nitrogens with two attached hydrogens (primary N) is 1. The van der Waals surface area contributed by atoms with Crippen LogP contribution in [0.4, 0.5) is 11.6 Å². The largest absolute Gasteiger partial charge is 0.504 e. The number of ether oxygens (including phenoxy) is 1. The zero-order valence-electron chi connectivity index (χ0n) is 15.3. The van der Waals surface area contributed by atoms with Gasteiger partial charge < -0.3 is 20.5 Å². The van der Waals surface area contributed by atoms with Crippen molar-refractivity contribution in [2.75, 3.05) is 31.8 Å². The molecule has 0 fully saturated rings. The molecule has 27 heavy (non-hydrogen) atoms. The lowest BCUT2D eigenvalue weighted by Gasteiger charge is -2.13. The quantitative estimate of drug-likeness (QED) is 0.735. The highest BCUT2D eigenvalue weighted by atomic mass is 16.5. The van der Waals surface area contributed by atoms with Crippen LogP contribution in [-0.4, -0.2) is 36.3 Å². The first-order chi connectivity index (χ1) is 12.9. The van der Waals surface area contributed by atoms with E-state index in [2.05, 4.69) is 16.0 Å². The Kier molecular flexibility index (Phi) is 4.81. The Balaban J connectivity index is 2.16. The summed E-state index contributed by atoms with van der Waals surface area (Å²) >= 11 is 0. The lowest BCUT2D eigenvalue weighted by Crippen LogP contribution is -2.10. The van der Waals surface area contributed by atoms with Gasteiger partial charge in [0, 0.05) is 37.0 Å². The number of aromatic hydroxyl groups is 1. The molecule has 136 valence electrons. The molecule has 0 atom stereocenters. The number of nitriles is 1.